The molecule has 0 atom stereocenters. The molecule has 1 aromatic carbocycles. The van der Waals surface area contributed by atoms with E-state index in [1.165, 1.54) is 0 Å². The number of nitrogens with zero attached hydrogens (tertiary/aromatic N) is 2. The molecule has 0 spiro atoms. The third-order valence-electron chi connectivity index (χ3n) is 2.53. The van der Waals surface area contributed by atoms with E-state index >= 15 is 0 Å². The Hall–Kier alpha value is -2.10. The number of nitrogens with two attached hydrogens (primary N) is 1. The van der Waals surface area contributed by atoms with Crippen molar-refractivity contribution < 1.29 is 0 Å². The maximum Gasteiger partial charge on any atom is 0.220 e. The molecule has 0 saturated heterocycles. The Labute approximate surface area is 87.2 Å². The molecule has 15 heavy (non-hydrogen) atoms. The number of nitrogen functional groups attached to an aromatic ring is 1. The van der Waals surface area contributed by atoms with E-state index in [0.29, 0.717) is 5.95 Å². The van der Waals surface area contributed by atoms with Crippen LogP contribution >= 0.6 is 0 Å². The highest BCUT2D eigenvalue weighted by Gasteiger charge is 2.16. The van der Waals surface area contributed by atoms with Crippen LogP contribution in [0.3, 0.4) is 0 Å². The highest BCUT2D eigenvalue weighted by molar-refractivity contribution is 5.80. The molecule has 0 saturated carbocycles. The van der Waals surface area contributed by atoms with Crippen LogP contribution in [0.1, 0.15) is 5.56 Å². The van der Waals surface area contributed by atoms with E-state index in [9.17, 15) is 0 Å². The number of fused-ring (bicyclic) bond motifs is 3. The first-order valence-electron chi connectivity index (χ1n) is 4.79. The van der Waals surface area contributed by atoms with E-state index in [1.54, 1.807) is 6.20 Å². The van der Waals surface area contributed by atoms with Crippen molar-refractivity contribution in [2.75, 3.05) is 11.1 Å². The van der Waals surface area contributed by atoms with Gasteiger partial charge in [0.15, 0.2) is 0 Å². The van der Waals surface area contributed by atoms with Gasteiger partial charge in [0.25, 0.3) is 0 Å². The standard InChI is InChI=1S/C11H10N4/c12-11-14-6-7-5-13-9-4-2-1-3-8(9)10(7)15-11/h1-4,6,13H,5H2,(H2,12,14,15). The van der Waals surface area contributed by atoms with Crippen LogP contribution in [-0.2, 0) is 6.54 Å². The Balaban J connectivity index is 2.28. The second-order valence-electron chi connectivity index (χ2n) is 3.50. The second kappa shape index (κ2) is 2.95. The van der Waals surface area contributed by atoms with E-state index in [-0.39, 0.29) is 0 Å². The highest BCUT2D eigenvalue weighted by atomic mass is 15.0. The zero-order chi connectivity index (χ0) is 10.3. The van der Waals surface area contributed by atoms with Crippen molar-refractivity contribution in [3.05, 3.63) is 36.0 Å². The number of rotatable bonds is 0. The van der Waals surface area contributed by atoms with Crippen molar-refractivity contribution >= 4 is 11.6 Å². The molecule has 0 unspecified atom stereocenters. The predicted octanol–water partition coefficient (Wildman–Crippen LogP) is 1.65. The molecule has 0 fully saturated rings. The van der Waals surface area contributed by atoms with Gasteiger partial charge in [0, 0.05) is 29.6 Å². The van der Waals surface area contributed by atoms with Crippen LogP contribution in [0.25, 0.3) is 11.3 Å². The maximum absolute atomic E-state index is 5.60. The minimum Gasteiger partial charge on any atom is -0.380 e. The van der Waals surface area contributed by atoms with Crippen LogP contribution in [0.2, 0.25) is 0 Å². The van der Waals surface area contributed by atoms with Crippen molar-refractivity contribution in [1.82, 2.24) is 9.97 Å². The van der Waals surface area contributed by atoms with Gasteiger partial charge >= 0.3 is 0 Å². The van der Waals surface area contributed by atoms with Crippen molar-refractivity contribution in [3.8, 4) is 11.3 Å². The lowest BCUT2D eigenvalue weighted by Crippen LogP contribution is -2.11. The minimum absolute atomic E-state index is 0.324. The average molecular weight is 198 g/mol. The smallest absolute Gasteiger partial charge is 0.220 e. The van der Waals surface area contributed by atoms with Crippen molar-refractivity contribution in [3.63, 3.8) is 0 Å². The lowest BCUT2D eigenvalue weighted by Gasteiger charge is -2.19. The van der Waals surface area contributed by atoms with Crippen molar-refractivity contribution in [2.24, 2.45) is 0 Å². The highest BCUT2D eigenvalue weighted by Crippen LogP contribution is 2.33. The minimum atomic E-state index is 0.324. The second-order valence-corrected chi connectivity index (χ2v) is 3.50. The molecular weight excluding hydrogens is 188 g/mol. The van der Waals surface area contributed by atoms with Crippen molar-refractivity contribution in [1.29, 1.82) is 0 Å². The van der Waals surface area contributed by atoms with E-state index < -0.39 is 0 Å². The normalized spacial score (nSPS) is 12.5. The lowest BCUT2D eigenvalue weighted by atomic mass is 10.0. The molecule has 1 aliphatic rings. The number of hydrogen-bond acceptors (Lipinski definition) is 4. The van der Waals surface area contributed by atoms with E-state index in [4.69, 9.17) is 5.73 Å². The molecule has 0 bridgehead atoms. The Bertz CT molecular complexity index is 522. The lowest BCUT2D eigenvalue weighted by molar-refractivity contribution is 1.05. The van der Waals surface area contributed by atoms with Gasteiger partial charge in [0.1, 0.15) is 0 Å². The van der Waals surface area contributed by atoms with Crippen LogP contribution in [0.15, 0.2) is 30.5 Å². The summed E-state index contributed by atoms with van der Waals surface area (Å²) >= 11 is 0. The summed E-state index contributed by atoms with van der Waals surface area (Å²) in [6.45, 7) is 0.757. The van der Waals surface area contributed by atoms with Gasteiger partial charge < -0.3 is 11.1 Å². The monoisotopic (exact) mass is 198 g/mol. The molecule has 3 N–H and O–H groups in total. The maximum atomic E-state index is 5.60. The predicted molar refractivity (Wildman–Crippen MR) is 59.2 cm³/mol. The summed E-state index contributed by atoms with van der Waals surface area (Å²) in [5, 5.41) is 3.32. The molecule has 74 valence electrons. The summed E-state index contributed by atoms with van der Waals surface area (Å²) in [4.78, 5) is 8.27. The Kier molecular flexibility index (Phi) is 1.62. The fraction of sp³-hybridized carbons (Fsp3) is 0.0909. The fourth-order valence-electron chi connectivity index (χ4n) is 1.82. The van der Waals surface area contributed by atoms with Gasteiger partial charge in [-0.3, -0.25) is 0 Å². The molecule has 4 heteroatoms. The van der Waals surface area contributed by atoms with Crippen LogP contribution < -0.4 is 11.1 Å². The number of aromatic nitrogens is 2. The molecule has 2 heterocycles. The molecule has 2 aromatic rings. The van der Waals surface area contributed by atoms with Crippen molar-refractivity contribution in [2.45, 2.75) is 6.54 Å². The Morgan fingerprint density at radius 3 is 3.07 bits per heavy atom. The largest absolute Gasteiger partial charge is 0.380 e. The summed E-state index contributed by atoms with van der Waals surface area (Å²) in [5.41, 5.74) is 9.81. The average Bonchev–Trinajstić information content (AvgIpc) is 2.29. The van der Waals surface area contributed by atoms with Crippen LogP contribution in [0, 0.1) is 0 Å². The molecule has 0 aliphatic carbocycles. The third-order valence-corrected chi connectivity index (χ3v) is 2.53. The third kappa shape index (κ3) is 1.22. The quantitative estimate of drug-likeness (QED) is 0.675. The fourth-order valence-corrected chi connectivity index (χ4v) is 1.82. The van der Waals surface area contributed by atoms with E-state index in [2.05, 4.69) is 15.3 Å². The van der Waals surface area contributed by atoms with Crippen LogP contribution in [-0.4, -0.2) is 9.97 Å². The summed E-state index contributed by atoms with van der Waals surface area (Å²) in [5.74, 6) is 0.324. The topological polar surface area (TPSA) is 63.8 Å². The first-order valence-corrected chi connectivity index (χ1v) is 4.79. The van der Waals surface area contributed by atoms with Gasteiger partial charge in [-0.2, -0.15) is 0 Å². The van der Waals surface area contributed by atoms with Gasteiger partial charge in [-0.05, 0) is 6.07 Å². The Morgan fingerprint density at radius 2 is 2.13 bits per heavy atom. The first kappa shape index (κ1) is 8.23. The van der Waals surface area contributed by atoms with Gasteiger partial charge in [-0.15, -0.1) is 0 Å². The number of hydrogen-bond donors (Lipinski definition) is 2. The summed E-state index contributed by atoms with van der Waals surface area (Å²) in [7, 11) is 0. The molecule has 4 nitrogen and oxygen atoms in total. The van der Waals surface area contributed by atoms with E-state index in [0.717, 1.165) is 29.1 Å². The number of anilines is 2. The zero-order valence-corrected chi connectivity index (χ0v) is 8.07. The summed E-state index contributed by atoms with van der Waals surface area (Å²) < 4.78 is 0. The molecule has 0 radical (unpaired) electrons. The van der Waals surface area contributed by atoms with Gasteiger partial charge in [-0.1, -0.05) is 18.2 Å². The van der Waals surface area contributed by atoms with E-state index in [1.807, 2.05) is 24.3 Å². The summed E-state index contributed by atoms with van der Waals surface area (Å²) in [6.07, 6.45) is 1.78. The first-order chi connectivity index (χ1) is 7.34. The Morgan fingerprint density at radius 1 is 1.27 bits per heavy atom. The molecular formula is C11H10N4. The zero-order valence-electron chi connectivity index (χ0n) is 8.07. The van der Waals surface area contributed by atoms with Gasteiger partial charge in [0.2, 0.25) is 5.95 Å². The number of nitrogens with one attached hydrogen (secondary N) is 1. The SMILES string of the molecule is Nc1ncc2c(n1)-c1ccccc1NC2. The molecule has 1 aliphatic heterocycles. The van der Waals surface area contributed by atoms with Gasteiger partial charge in [-0.25, -0.2) is 9.97 Å². The van der Waals surface area contributed by atoms with Gasteiger partial charge in [0.05, 0.1) is 5.69 Å². The van der Waals surface area contributed by atoms with Crippen LogP contribution in [0.4, 0.5) is 11.6 Å². The number of para-hydroxylation sites is 1. The molecule has 1 aromatic heterocycles. The molecule has 3 rings (SSSR count). The number of benzene rings is 1. The molecule has 0 amide bonds. The summed E-state index contributed by atoms with van der Waals surface area (Å²) in [6, 6.07) is 8.07. The van der Waals surface area contributed by atoms with Crippen LogP contribution in [0.5, 0.6) is 0 Å².